The first-order valence-corrected chi connectivity index (χ1v) is 11.4. The average molecular weight is 452 g/mol. The van der Waals surface area contributed by atoms with Gasteiger partial charge in [0.1, 0.15) is 0 Å². The molecule has 0 aromatic carbocycles. The number of carbonyl (C=O) groups is 1. The van der Waals surface area contributed by atoms with E-state index in [-0.39, 0.29) is 11.9 Å². The van der Waals surface area contributed by atoms with Crippen LogP contribution < -0.4 is 10.6 Å². The minimum Gasteiger partial charge on any atom is -0.355 e. The molecule has 0 saturated carbocycles. The molecule has 0 heterocycles. The third kappa shape index (κ3) is 6.39. The van der Waals surface area contributed by atoms with Crippen molar-refractivity contribution in [2.45, 2.75) is 33.7 Å². The van der Waals surface area contributed by atoms with E-state index < -0.39 is 0 Å². The highest BCUT2D eigenvalue weighted by atomic mass is 128. The molecular formula is C11H22I2N2O. The number of hydrogen-bond acceptors (Lipinski definition) is 2. The van der Waals surface area contributed by atoms with Crippen molar-refractivity contribution in [2.75, 3.05) is 14.1 Å². The lowest BCUT2D eigenvalue weighted by Crippen LogP contribution is -2.34. The van der Waals surface area contributed by atoms with Gasteiger partial charge in [0, 0.05) is 55.9 Å². The number of amides is 1. The molecule has 0 fully saturated rings. The minimum absolute atomic E-state index is 0.00315. The predicted molar refractivity (Wildman–Crippen MR) is 88.2 cm³/mol. The number of rotatable bonds is 4. The first-order chi connectivity index (χ1) is 7.45. The molecule has 0 aliphatic rings. The molecule has 0 aromatic heterocycles. The Morgan fingerprint density at radius 1 is 1.12 bits per heavy atom. The second-order valence-electron chi connectivity index (χ2n) is 3.90. The van der Waals surface area contributed by atoms with Crippen LogP contribution in [0.15, 0.2) is 11.1 Å². The quantitative estimate of drug-likeness (QED) is 0.509. The van der Waals surface area contributed by atoms with Gasteiger partial charge < -0.3 is 10.6 Å². The second kappa shape index (κ2) is 10.8. The van der Waals surface area contributed by atoms with E-state index >= 15 is 0 Å². The van der Waals surface area contributed by atoms with Crippen LogP contribution in [0.1, 0.15) is 27.7 Å². The van der Waals surface area contributed by atoms with Gasteiger partial charge in [-0.2, -0.15) is 0 Å². The molecule has 0 rings (SSSR count). The zero-order valence-electron chi connectivity index (χ0n) is 10.8. The second-order valence-corrected chi connectivity index (χ2v) is 3.90. The molecule has 1 atom stereocenters. The number of likely N-dealkylation sites (N-methyl/N-ethyl adjacent to an activating group) is 2. The zero-order valence-corrected chi connectivity index (χ0v) is 15.1. The van der Waals surface area contributed by atoms with E-state index in [0.717, 1.165) is 11.1 Å². The van der Waals surface area contributed by atoms with Crippen LogP contribution in [0.4, 0.5) is 0 Å². The van der Waals surface area contributed by atoms with Crippen molar-refractivity contribution < 1.29 is 4.79 Å². The summed E-state index contributed by atoms with van der Waals surface area (Å²) < 4.78 is 0. The smallest absolute Gasteiger partial charge is 0.246 e. The van der Waals surface area contributed by atoms with Crippen LogP contribution in [-0.4, -0.2) is 26.0 Å². The molecule has 1 amide bonds. The standard InChI is InChI=1S/C11H22N2O.I2/c1-7(2)10(12-5)8(3)9(4)11(14)13-6;1-2/h7,10,12H,1-6H3,(H,13,14);/b9-8+;/t10-;/m1./s1. The summed E-state index contributed by atoms with van der Waals surface area (Å²) in [6.45, 7) is 8.15. The highest BCUT2D eigenvalue weighted by Gasteiger charge is 2.17. The topological polar surface area (TPSA) is 41.1 Å². The van der Waals surface area contributed by atoms with E-state index in [2.05, 4.69) is 61.7 Å². The molecule has 0 aromatic rings. The molecule has 0 spiro atoms. The first-order valence-electron chi connectivity index (χ1n) is 5.16. The van der Waals surface area contributed by atoms with Crippen LogP contribution in [0.25, 0.3) is 0 Å². The monoisotopic (exact) mass is 452 g/mol. The van der Waals surface area contributed by atoms with Crippen molar-refractivity contribution in [1.82, 2.24) is 10.6 Å². The van der Waals surface area contributed by atoms with Gasteiger partial charge in [-0.05, 0) is 32.4 Å². The van der Waals surface area contributed by atoms with Gasteiger partial charge in [-0.1, -0.05) is 13.8 Å². The summed E-state index contributed by atoms with van der Waals surface area (Å²) in [5.41, 5.74) is 1.92. The molecule has 3 nitrogen and oxygen atoms in total. The van der Waals surface area contributed by atoms with Crippen molar-refractivity contribution in [3.05, 3.63) is 11.1 Å². The first kappa shape index (κ1) is 19.0. The van der Waals surface area contributed by atoms with Crippen LogP contribution in [0.3, 0.4) is 0 Å². The molecule has 0 bridgehead atoms. The number of halogens is 2. The summed E-state index contributed by atoms with van der Waals surface area (Å²) in [5.74, 6) is 0.489. The maximum atomic E-state index is 11.4. The van der Waals surface area contributed by atoms with E-state index in [1.807, 2.05) is 20.9 Å². The predicted octanol–water partition coefficient (Wildman–Crippen LogP) is 3.08. The highest BCUT2D eigenvalue weighted by molar-refractivity contribution is 15.0. The largest absolute Gasteiger partial charge is 0.355 e. The molecule has 0 aliphatic heterocycles. The van der Waals surface area contributed by atoms with Gasteiger partial charge in [0.05, 0.1) is 0 Å². The van der Waals surface area contributed by atoms with E-state index in [1.54, 1.807) is 7.05 Å². The number of nitrogens with one attached hydrogen (secondary N) is 2. The Morgan fingerprint density at radius 3 is 1.81 bits per heavy atom. The van der Waals surface area contributed by atoms with Gasteiger partial charge in [0.15, 0.2) is 0 Å². The van der Waals surface area contributed by atoms with Crippen LogP contribution >= 0.6 is 37.2 Å². The third-order valence-electron chi connectivity index (χ3n) is 2.60. The molecule has 0 unspecified atom stereocenters. The lowest BCUT2D eigenvalue weighted by molar-refractivity contribution is -0.117. The number of hydrogen-bond donors (Lipinski definition) is 2. The molecule has 0 saturated heterocycles. The fourth-order valence-electron chi connectivity index (χ4n) is 1.65. The summed E-state index contributed by atoms with van der Waals surface area (Å²) in [7, 11) is 3.58. The van der Waals surface area contributed by atoms with Crippen molar-refractivity contribution in [3.63, 3.8) is 0 Å². The maximum Gasteiger partial charge on any atom is 0.246 e. The van der Waals surface area contributed by atoms with Crippen molar-refractivity contribution >= 4 is 43.1 Å². The van der Waals surface area contributed by atoms with Gasteiger partial charge in [0.2, 0.25) is 5.91 Å². The van der Waals surface area contributed by atoms with Crippen LogP contribution in [-0.2, 0) is 4.79 Å². The fourth-order valence-corrected chi connectivity index (χ4v) is 1.65. The van der Waals surface area contributed by atoms with E-state index in [9.17, 15) is 4.79 Å². The molecular weight excluding hydrogens is 430 g/mol. The molecule has 0 aliphatic carbocycles. The lowest BCUT2D eigenvalue weighted by Gasteiger charge is -2.22. The summed E-state index contributed by atoms with van der Waals surface area (Å²) >= 11 is 4.24. The molecule has 0 radical (unpaired) electrons. The van der Waals surface area contributed by atoms with Crippen LogP contribution in [0.2, 0.25) is 0 Å². The summed E-state index contributed by atoms with van der Waals surface area (Å²) in [5, 5.41) is 5.86. The molecule has 2 N–H and O–H groups in total. The van der Waals surface area contributed by atoms with Crippen LogP contribution in [0.5, 0.6) is 0 Å². The summed E-state index contributed by atoms with van der Waals surface area (Å²) in [6.07, 6.45) is 0. The van der Waals surface area contributed by atoms with Crippen LogP contribution in [0, 0.1) is 5.92 Å². The van der Waals surface area contributed by atoms with E-state index in [1.165, 1.54) is 0 Å². The molecule has 5 heteroatoms. The Kier molecular flexibility index (Phi) is 12.8. The van der Waals surface area contributed by atoms with Gasteiger partial charge >= 0.3 is 0 Å². The highest BCUT2D eigenvalue weighted by Crippen LogP contribution is 2.15. The SMILES string of the molecule is CNC(=O)/C(C)=C(\C)[C@H](NC)C(C)C.II. The van der Waals surface area contributed by atoms with Gasteiger partial charge in [-0.25, -0.2) is 0 Å². The minimum atomic E-state index is 0.00315. The summed E-state index contributed by atoms with van der Waals surface area (Å²) in [6, 6.07) is 0.271. The molecule has 16 heavy (non-hydrogen) atoms. The van der Waals surface area contributed by atoms with E-state index in [0.29, 0.717) is 5.92 Å². The Bertz CT molecular complexity index is 240. The van der Waals surface area contributed by atoms with E-state index in [4.69, 9.17) is 0 Å². The van der Waals surface area contributed by atoms with Gasteiger partial charge in [-0.3, -0.25) is 4.79 Å². The van der Waals surface area contributed by atoms with Crippen molar-refractivity contribution in [1.29, 1.82) is 0 Å². The van der Waals surface area contributed by atoms with Gasteiger partial charge in [-0.15, -0.1) is 0 Å². The lowest BCUT2D eigenvalue weighted by atomic mass is 9.93. The normalized spacial score (nSPS) is 13.6. The van der Waals surface area contributed by atoms with Crippen molar-refractivity contribution in [2.24, 2.45) is 5.92 Å². The summed E-state index contributed by atoms with van der Waals surface area (Å²) in [4.78, 5) is 11.4. The maximum absolute atomic E-state index is 11.4. The average Bonchev–Trinajstić information content (AvgIpc) is 2.29. The van der Waals surface area contributed by atoms with Crippen molar-refractivity contribution in [3.8, 4) is 0 Å². The molecule has 96 valence electrons. The third-order valence-corrected chi connectivity index (χ3v) is 2.60. The van der Waals surface area contributed by atoms with Gasteiger partial charge in [0.25, 0.3) is 0 Å². The Balaban J connectivity index is 0. The number of carbonyl (C=O) groups excluding carboxylic acids is 1. The fraction of sp³-hybridized carbons (Fsp3) is 0.727. The Hall–Kier alpha value is 0.630. The zero-order chi connectivity index (χ0) is 13.3. The Morgan fingerprint density at radius 2 is 1.56 bits per heavy atom. The Labute approximate surface area is 123 Å².